The summed E-state index contributed by atoms with van der Waals surface area (Å²) in [6, 6.07) is 12.4. The predicted molar refractivity (Wildman–Crippen MR) is 104 cm³/mol. The van der Waals surface area contributed by atoms with E-state index in [1.165, 1.54) is 6.33 Å². The van der Waals surface area contributed by atoms with E-state index in [0.29, 0.717) is 5.82 Å². The van der Waals surface area contributed by atoms with Gasteiger partial charge in [-0.15, -0.1) is 0 Å². The first-order valence-corrected chi connectivity index (χ1v) is 9.03. The number of thiophene rings is 1. The summed E-state index contributed by atoms with van der Waals surface area (Å²) < 4.78 is 2.18. The number of nitriles is 1. The van der Waals surface area contributed by atoms with E-state index < -0.39 is 0 Å². The van der Waals surface area contributed by atoms with Crippen LogP contribution in [0.25, 0.3) is 16.8 Å². The lowest BCUT2D eigenvalue weighted by Gasteiger charge is -2.16. The molecule has 3 N–H and O–H groups in total. The number of pyridine rings is 1. The van der Waals surface area contributed by atoms with E-state index in [1.807, 2.05) is 19.1 Å². The molecule has 0 amide bonds. The first-order chi connectivity index (χ1) is 12.7. The maximum absolute atomic E-state index is 9.35. The van der Waals surface area contributed by atoms with Gasteiger partial charge in [0.15, 0.2) is 0 Å². The predicted octanol–water partition coefficient (Wildman–Crippen LogP) is 4.08. The number of hydrogen-bond donors (Lipinski definition) is 2. The summed E-state index contributed by atoms with van der Waals surface area (Å²) in [5, 5.41) is 16.9. The SMILES string of the molecule is CC(Nc1ncnc(N)c1C#N)c1cc2ccccn2c1-c1ccsc1. The molecule has 0 spiro atoms. The average Bonchev–Trinajstić information content (AvgIpc) is 3.29. The van der Waals surface area contributed by atoms with Crippen LogP contribution in [-0.4, -0.2) is 14.4 Å². The molecule has 1 unspecified atom stereocenters. The van der Waals surface area contributed by atoms with Gasteiger partial charge in [0.05, 0.1) is 11.7 Å². The van der Waals surface area contributed by atoms with Crippen molar-refractivity contribution >= 4 is 28.5 Å². The summed E-state index contributed by atoms with van der Waals surface area (Å²) in [7, 11) is 0. The molecule has 0 fully saturated rings. The summed E-state index contributed by atoms with van der Waals surface area (Å²) in [5.41, 5.74) is 10.6. The minimum Gasteiger partial charge on any atom is -0.382 e. The standard InChI is InChI=1S/C19H16N6S/c1-12(24-19-16(9-20)18(21)22-11-23-19)15-8-14-4-2-3-6-25(14)17(15)13-5-7-26-10-13/h2-8,10-12H,1H3,(H3,21,22,23,24). The van der Waals surface area contributed by atoms with Gasteiger partial charge in [-0.3, -0.25) is 0 Å². The van der Waals surface area contributed by atoms with Crippen LogP contribution in [0.5, 0.6) is 0 Å². The van der Waals surface area contributed by atoms with Crippen molar-refractivity contribution < 1.29 is 0 Å². The monoisotopic (exact) mass is 360 g/mol. The summed E-state index contributed by atoms with van der Waals surface area (Å²) >= 11 is 1.66. The van der Waals surface area contributed by atoms with Crippen LogP contribution in [0.3, 0.4) is 0 Å². The number of hydrogen-bond acceptors (Lipinski definition) is 6. The Balaban J connectivity index is 1.81. The van der Waals surface area contributed by atoms with Crippen molar-refractivity contribution in [2.45, 2.75) is 13.0 Å². The highest BCUT2D eigenvalue weighted by atomic mass is 32.1. The van der Waals surface area contributed by atoms with Crippen LogP contribution in [0.15, 0.2) is 53.6 Å². The van der Waals surface area contributed by atoms with Gasteiger partial charge in [-0.2, -0.15) is 16.6 Å². The van der Waals surface area contributed by atoms with E-state index in [2.05, 4.69) is 60.9 Å². The van der Waals surface area contributed by atoms with Gasteiger partial charge in [-0.25, -0.2) is 9.97 Å². The molecule has 0 aliphatic rings. The van der Waals surface area contributed by atoms with E-state index in [9.17, 15) is 5.26 Å². The van der Waals surface area contributed by atoms with Crippen molar-refractivity contribution in [2.75, 3.05) is 11.1 Å². The maximum atomic E-state index is 9.35. The van der Waals surface area contributed by atoms with Crippen LogP contribution < -0.4 is 11.1 Å². The molecule has 0 saturated heterocycles. The number of rotatable bonds is 4. The van der Waals surface area contributed by atoms with Crippen molar-refractivity contribution in [1.29, 1.82) is 5.26 Å². The van der Waals surface area contributed by atoms with Gasteiger partial charge in [0.1, 0.15) is 29.6 Å². The summed E-state index contributed by atoms with van der Waals surface area (Å²) in [6.07, 6.45) is 3.42. The van der Waals surface area contributed by atoms with E-state index >= 15 is 0 Å². The first kappa shape index (κ1) is 16.1. The average molecular weight is 360 g/mol. The zero-order valence-corrected chi connectivity index (χ0v) is 14.9. The van der Waals surface area contributed by atoms with Crippen LogP contribution in [0.4, 0.5) is 11.6 Å². The summed E-state index contributed by atoms with van der Waals surface area (Å²) in [4.78, 5) is 8.08. The van der Waals surface area contributed by atoms with E-state index in [4.69, 9.17) is 5.73 Å². The van der Waals surface area contributed by atoms with E-state index in [0.717, 1.165) is 22.3 Å². The molecule has 0 radical (unpaired) electrons. The Labute approximate surface area is 154 Å². The van der Waals surface area contributed by atoms with Crippen molar-refractivity contribution in [3.05, 3.63) is 64.7 Å². The zero-order valence-electron chi connectivity index (χ0n) is 14.0. The number of nitrogens with one attached hydrogen (secondary N) is 1. The minimum absolute atomic E-state index is 0.0776. The highest BCUT2D eigenvalue weighted by molar-refractivity contribution is 7.08. The third kappa shape index (κ3) is 2.66. The Kier molecular flexibility index (Phi) is 4.03. The van der Waals surface area contributed by atoms with Crippen molar-refractivity contribution in [1.82, 2.24) is 14.4 Å². The smallest absolute Gasteiger partial charge is 0.150 e. The summed E-state index contributed by atoms with van der Waals surface area (Å²) in [6.45, 7) is 2.05. The molecule has 1 atom stereocenters. The largest absolute Gasteiger partial charge is 0.382 e. The molecule has 0 aliphatic carbocycles. The van der Waals surface area contributed by atoms with Crippen molar-refractivity contribution in [2.24, 2.45) is 0 Å². The molecule has 6 nitrogen and oxygen atoms in total. The number of fused-ring (bicyclic) bond motifs is 1. The third-order valence-corrected chi connectivity index (χ3v) is 5.00. The fraction of sp³-hybridized carbons (Fsp3) is 0.105. The first-order valence-electron chi connectivity index (χ1n) is 8.08. The van der Waals surface area contributed by atoms with E-state index in [-0.39, 0.29) is 17.4 Å². The minimum atomic E-state index is -0.0776. The van der Waals surface area contributed by atoms with Crippen LogP contribution >= 0.6 is 11.3 Å². The number of nitrogens with zero attached hydrogens (tertiary/aromatic N) is 4. The molecule has 0 saturated carbocycles. The highest BCUT2D eigenvalue weighted by Gasteiger charge is 2.19. The molecule has 4 rings (SSSR count). The topological polar surface area (TPSA) is 92.0 Å². The molecule has 4 heterocycles. The fourth-order valence-electron chi connectivity index (χ4n) is 3.08. The molecule has 0 bridgehead atoms. The van der Waals surface area contributed by atoms with Gasteiger partial charge in [0.2, 0.25) is 0 Å². The molecular formula is C19H16N6S. The molecule has 4 aromatic heterocycles. The number of nitrogens with two attached hydrogens (primary N) is 1. The Bertz CT molecular complexity index is 1110. The van der Waals surface area contributed by atoms with Crippen LogP contribution in [0.1, 0.15) is 24.1 Å². The van der Waals surface area contributed by atoms with Crippen LogP contribution in [-0.2, 0) is 0 Å². The second-order valence-corrected chi connectivity index (χ2v) is 6.70. The zero-order chi connectivity index (χ0) is 18.1. The molecule has 26 heavy (non-hydrogen) atoms. The molecule has 4 aromatic rings. The molecule has 7 heteroatoms. The second kappa shape index (κ2) is 6.50. The Morgan fingerprint density at radius 3 is 2.96 bits per heavy atom. The number of aromatic nitrogens is 3. The van der Waals surface area contributed by atoms with E-state index in [1.54, 1.807) is 11.3 Å². The lowest BCUT2D eigenvalue weighted by atomic mass is 10.0. The third-order valence-electron chi connectivity index (χ3n) is 4.31. The maximum Gasteiger partial charge on any atom is 0.150 e. The number of anilines is 2. The highest BCUT2D eigenvalue weighted by Crippen LogP contribution is 2.34. The quantitative estimate of drug-likeness (QED) is 0.572. The Hall–Kier alpha value is -3.37. The second-order valence-electron chi connectivity index (χ2n) is 5.92. The molecule has 0 aliphatic heterocycles. The van der Waals surface area contributed by atoms with Gasteiger partial charge >= 0.3 is 0 Å². The fourth-order valence-corrected chi connectivity index (χ4v) is 3.72. The molecule has 128 valence electrons. The summed E-state index contributed by atoms with van der Waals surface area (Å²) in [5.74, 6) is 0.622. The Morgan fingerprint density at radius 2 is 2.19 bits per heavy atom. The van der Waals surface area contributed by atoms with Crippen molar-refractivity contribution in [3.63, 3.8) is 0 Å². The van der Waals surface area contributed by atoms with Gasteiger partial charge < -0.3 is 15.5 Å². The molecule has 0 aromatic carbocycles. The lowest BCUT2D eigenvalue weighted by Crippen LogP contribution is -2.11. The van der Waals surface area contributed by atoms with Crippen LogP contribution in [0, 0.1) is 11.3 Å². The molecular weight excluding hydrogens is 344 g/mol. The lowest BCUT2D eigenvalue weighted by molar-refractivity contribution is 0.873. The Morgan fingerprint density at radius 1 is 1.31 bits per heavy atom. The normalized spacial score (nSPS) is 12.0. The van der Waals surface area contributed by atoms with Gasteiger partial charge in [-0.1, -0.05) is 6.07 Å². The number of nitrogen functional groups attached to an aromatic ring is 1. The van der Waals surface area contributed by atoms with Crippen LogP contribution in [0.2, 0.25) is 0 Å². The van der Waals surface area contributed by atoms with Crippen molar-refractivity contribution in [3.8, 4) is 17.3 Å². The van der Waals surface area contributed by atoms with Gasteiger partial charge in [-0.05, 0) is 36.6 Å². The van der Waals surface area contributed by atoms with Gasteiger partial charge in [0.25, 0.3) is 0 Å². The van der Waals surface area contributed by atoms with Gasteiger partial charge in [0, 0.05) is 28.2 Å².